The molecule has 1 saturated carbocycles. The molecule has 1 aromatic carbocycles. The van der Waals surface area contributed by atoms with Crippen molar-refractivity contribution in [2.45, 2.75) is 52.1 Å². The zero-order chi connectivity index (χ0) is 20.8. The topological polar surface area (TPSA) is 59.0 Å². The number of hydrogen-bond acceptors (Lipinski definition) is 4. The van der Waals surface area contributed by atoms with Crippen LogP contribution in [0.15, 0.2) is 61.1 Å². The van der Waals surface area contributed by atoms with Gasteiger partial charge in [0.25, 0.3) is 0 Å². The highest BCUT2D eigenvalue weighted by atomic mass is 16.2. The van der Waals surface area contributed by atoms with Crippen molar-refractivity contribution in [1.82, 2.24) is 19.9 Å². The Labute approximate surface area is 178 Å². The van der Waals surface area contributed by atoms with Crippen LogP contribution < -0.4 is 0 Å². The van der Waals surface area contributed by atoms with Gasteiger partial charge in [0, 0.05) is 37.1 Å². The van der Waals surface area contributed by atoms with Crippen LogP contribution in [0.3, 0.4) is 0 Å². The second kappa shape index (κ2) is 9.61. The predicted octanol–water partition coefficient (Wildman–Crippen LogP) is 4.96. The van der Waals surface area contributed by atoms with Crippen molar-refractivity contribution in [2.75, 3.05) is 0 Å². The van der Waals surface area contributed by atoms with Gasteiger partial charge in [-0.15, -0.1) is 0 Å². The van der Waals surface area contributed by atoms with Crippen LogP contribution in [-0.4, -0.2) is 25.8 Å². The van der Waals surface area contributed by atoms with E-state index in [1.165, 1.54) is 25.7 Å². The van der Waals surface area contributed by atoms with E-state index in [2.05, 4.69) is 22.1 Å². The summed E-state index contributed by atoms with van der Waals surface area (Å²) in [6, 6.07) is 14.1. The summed E-state index contributed by atoms with van der Waals surface area (Å²) in [6.07, 6.45) is 10.8. The van der Waals surface area contributed by atoms with Crippen molar-refractivity contribution in [2.24, 2.45) is 5.92 Å². The van der Waals surface area contributed by atoms with Gasteiger partial charge < -0.3 is 4.90 Å². The molecule has 2 heterocycles. The van der Waals surface area contributed by atoms with Crippen molar-refractivity contribution in [1.29, 1.82) is 0 Å². The zero-order valence-electron chi connectivity index (χ0n) is 17.5. The molecule has 0 aliphatic heterocycles. The third-order valence-corrected chi connectivity index (χ3v) is 5.83. The fraction of sp³-hybridized carbons (Fsp3) is 0.360. The minimum absolute atomic E-state index is 0.211. The first-order valence-electron chi connectivity index (χ1n) is 10.7. The van der Waals surface area contributed by atoms with E-state index < -0.39 is 0 Å². The normalized spacial score (nSPS) is 14.0. The Bertz CT molecular complexity index is 969. The van der Waals surface area contributed by atoms with Gasteiger partial charge in [-0.05, 0) is 48.9 Å². The number of aryl methyl sites for hydroxylation is 1. The maximum Gasteiger partial charge on any atom is 0.223 e. The standard InChI is InChI=1S/C25H28N4O/c1-19-27-16-23(22-11-13-26-14-12-22)24(28-19)18-29(17-21-9-3-2-4-10-21)25(30)15-20-7-5-6-8-20/h2-4,9-14,16,20H,5-8,15,17-18H2,1H3. The molecule has 30 heavy (non-hydrogen) atoms. The van der Waals surface area contributed by atoms with Gasteiger partial charge in [0.1, 0.15) is 5.82 Å². The van der Waals surface area contributed by atoms with E-state index >= 15 is 0 Å². The lowest BCUT2D eigenvalue weighted by Gasteiger charge is -2.25. The van der Waals surface area contributed by atoms with Crippen LogP contribution in [0.1, 0.15) is 49.2 Å². The lowest BCUT2D eigenvalue weighted by Crippen LogP contribution is -2.32. The average molecular weight is 401 g/mol. The Hall–Kier alpha value is -3.08. The summed E-state index contributed by atoms with van der Waals surface area (Å²) in [5.74, 6) is 1.44. The number of rotatable bonds is 7. The number of benzene rings is 1. The molecule has 1 aliphatic rings. The first-order chi connectivity index (χ1) is 14.7. The van der Waals surface area contributed by atoms with E-state index in [0.29, 0.717) is 31.3 Å². The molecule has 154 valence electrons. The molecule has 0 saturated heterocycles. The van der Waals surface area contributed by atoms with Gasteiger partial charge in [-0.2, -0.15) is 0 Å². The van der Waals surface area contributed by atoms with Crippen LogP contribution in [0.4, 0.5) is 0 Å². The summed E-state index contributed by atoms with van der Waals surface area (Å²) in [4.78, 5) is 28.5. The smallest absolute Gasteiger partial charge is 0.223 e. The summed E-state index contributed by atoms with van der Waals surface area (Å²) >= 11 is 0. The van der Waals surface area contributed by atoms with E-state index in [1.54, 1.807) is 12.4 Å². The maximum absolute atomic E-state index is 13.3. The lowest BCUT2D eigenvalue weighted by atomic mass is 10.0. The fourth-order valence-corrected chi connectivity index (χ4v) is 4.22. The van der Waals surface area contributed by atoms with Gasteiger partial charge in [-0.1, -0.05) is 43.2 Å². The Balaban J connectivity index is 1.62. The molecule has 0 atom stereocenters. The first kappa shape index (κ1) is 20.2. The number of amides is 1. The molecule has 0 bridgehead atoms. The Morgan fingerprint density at radius 3 is 2.50 bits per heavy atom. The maximum atomic E-state index is 13.3. The Kier molecular flexibility index (Phi) is 6.47. The van der Waals surface area contributed by atoms with Crippen LogP contribution in [0.25, 0.3) is 11.1 Å². The van der Waals surface area contributed by atoms with Gasteiger partial charge in [0.2, 0.25) is 5.91 Å². The molecule has 0 N–H and O–H groups in total. The van der Waals surface area contributed by atoms with Crippen LogP contribution in [0, 0.1) is 12.8 Å². The quantitative estimate of drug-likeness (QED) is 0.563. The highest BCUT2D eigenvalue weighted by molar-refractivity contribution is 5.77. The third kappa shape index (κ3) is 5.09. The monoisotopic (exact) mass is 400 g/mol. The lowest BCUT2D eigenvalue weighted by molar-refractivity contribution is -0.133. The van der Waals surface area contributed by atoms with E-state index in [0.717, 1.165) is 22.4 Å². The minimum atomic E-state index is 0.211. The third-order valence-electron chi connectivity index (χ3n) is 5.83. The van der Waals surface area contributed by atoms with Gasteiger partial charge in [-0.25, -0.2) is 9.97 Å². The number of carbonyl (C=O) groups excluding carboxylic acids is 1. The summed E-state index contributed by atoms with van der Waals surface area (Å²) in [6.45, 7) is 2.95. The number of nitrogens with zero attached hydrogens (tertiary/aromatic N) is 4. The average Bonchev–Trinajstić information content (AvgIpc) is 3.28. The molecule has 0 spiro atoms. The summed E-state index contributed by atoms with van der Waals surface area (Å²) in [5, 5.41) is 0. The molecule has 1 aliphatic carbocycles. The first-order valence-corrected chi connectivity index (χ1v) is 10.7. The second-order valence-electron chi connectivity index (χ2n) is 8.10. The largest absolute Gasteiger partial charge is 0.332 e. The molecular weight excluding hydrogens is 372 g/mol. The Morgan fingerprint density at radius 2 is 1.77 bits per heavy atom. The summed E-state index contributed by atoms with van der Waals surface area (Å²) in [7, 11) is 0. The molecule has 2 aromatic heterocycles. The van der Waals surface area contributed by atoms with Crippen molar-refractivity contribution in [3.8, 4) is 11.1 Å². The molecule has 5 heteroatoms. The van der Waals surface area contributed by atoms with Gasteiger partial charge in [-0.3, -0.25) is 9.78 Å². The molecule has 0 unspecified atom stereocenters. The second-order valence-corrected chi connectivity index (χ2v) is 8.10. The van der Waals surface area contributed by atoms with E-state index in [9.17, 15) is 4.79 Å². The number of pyridine rings is 1. The molecular formula is C25H28N4O. The molecule has 5 nitrogen and oxygen atoms in total. The molecule has 3 aromatic rings. The molecule has 1 amide bonds. The van der Waals surface area contributed by atoms with Crippen molar-refractivity contribution < 1.29 is 4.79 Å². The van der Waals surface area contributed by atoms with Crippen molar-refractivity contribution >= 4 is 5.91 Å². The van der Waals surface area contributed by atoms with Crippen LogP contribution in [-0.2, 0) is 17.9 Å². The van der Waals surface area contributed by atoms with Gasteiger partial charge in [0.05, 0.1) is 12.2 Å². The SMILES string of the molecule is Cc1ncc(-c2ccncc2)c(CN(Cc2ccccc2)C(=O)CC2CCCC2)n1. The Morgan fingerprint density at radius 1 is 1.03 bits per heavy atom. The van der Waals surface area contributed by atoms with Crippen molar-refractivity contribution in [3.63, 3.8) is 0 Å². The van der Waals surface area contributed by atoms with Crippen LogP contribution >= 0.6 is 0 Å². The fourth-order valence-electron chi connectivity index (χ4n) is 4.22. The van der Waals surface area contributed by atoms with Crippen LogP contribution in [0.5, 0.6) is 0 Å². The predicted molar refractivity (Wildman–Crippen MR) is 117 cm³/mol. The zero-order valence-corrected chi connectivity index (χ0v) is 17.5. The van der Waals surface area contributed by atoms with Gasteiger partial charge in [0.15, 0.2) is 0 Å². The van der Waals surface area contributed by atoms with Crippen molar-refractivity contribution in [3.05, 3.63) is 78.1 Å². The van der Waals surface area contributed by atoms with E-state index in [-0.39, 0.29) is 5.91 Å². The highest BCUT2D eigenvalue weighted by Crippen LogP contribution is 2.29. The van der Waals surface area contributed by atoms with Crippen LogP contribution in [0.2, 0.25) is 0 Å². The van der Waals surface area contributed by atoms with E-state index in [1.807, 2.05) is 48.4 Å². The molecule has 4 rings (SSSR count). The molecule has 1 fully saturated rings. The van der Waals surface area contributed by atoms with Gasteiger partial charge >= 0.3 is 0 Å². The number of aromatic nitrogens is 3. The summed E-state index contributed by atoms with van der Waals surface area (Å²) < 4.78 is 0. The molecule has 0 radical (unpaired) electrons. The van der Waals surface area contributed by atoms with E-state index in [4.69, 9.17) is 4.98 Å². The number of hydrogen-bond donors (Lipinski definition) is 0. The summed E-state index contributed by atoms with van der Waals surface area (Å²) in [5.41, 5.74) is 3.98. The highest BCUT2D eigenvalue weighted by Gasteiger charge is 2.24. The minimum Gasteiger partial charge on any atom is -0.332 e. The number of carbonyl (C=O) groups is 1.